The molecule has 2 N–H and O–H groups in total. The molecule has 0 atom stereocenters. The van der Waals surface area contributed by atoms with Crippen LogP contribution in [0, 0.1) is 0 Å². The monoisotopic (exact) mass is 309 g/mol. The van der Waals surface area contributed by atoms with Crippen LogP contribution < -0.4 is 5.73 Å². The van der Waals surface area contributed by atoms with Crippen LogP contribution in [-0.2, 0) is 16.8 Å². The standard InChI is InChI=1S/C15H23N3O2S/c16-14-6-4-13(5-7-14)12-18(15-8-9-15)21(19,20)17-10-2-1-3-11-17/h4-7,15H,1-3,8-12,16H2. The minimum atomic E-state index is -3.33. The third kappa shape index (κ3) is 3.39. The van der Waals surface area contributed by atoms with Gasteiger partial charge in [-0.05, 0) is 43.4 Å². The number of anilines is 1. The molecule has 1 saturated carbocycles. The molecule has 5 nitrogen and oxygen atoms in total. The van der Waals surface area contributed by atoms with Gasteiger partial charge in [0.15, 0.2) is 0 Å². The molecule has 0 unspecified atom stereocenters. The van der Waals surface area contributed by atoms with Crippen molar-refractivity contribution in [3.8, 4) is 0 Å². The summed E-state index contributed by atoms with van der Waals surface area (Å²) in [6.45, 7) is 1.77. The summed E-state index contributed by atoms with van der Waals surface area (Å²) in [7, 11) is -3.33. The molecule has 1 aromatic carbocycles. The van der Waals surface area contributed by atoms with Crippen molar-refractivity contribution >= 4 is 15.9 Å². The maximum absolute atomic E-state index is 12.9. The Morgan fingerprint density at radius 2 is 1.71 bits per heavy atom. The first kappa shape index (κ1) is 14.8. The Kier molecular flexibility index (Phi) is 4.19. The molecule has 1 aliphatic carbocycles. The topological polar surface area (TPSA) is 66.6 Å². The van der Waals surface area contributed by atoms with E-state index in [2.05, 4.69) is 0 Å². The third-order valence-corrected chi connectivity index (χ3v) is 6.25. The van der Waals surface area contributed by atoms with Gasteiger partial charge in [-0.15, -0.1) is 0 Å². The molecule has 2 fully saturated rings. The Morgan fingerprint density at radius 3 is 2.29 bits per heavy atom. The van der Waals surface area contributed by atoms with Gasteiger partial charge in [-0.1, -0.05) is 18.6 Å². The number of benzene rings is 1. The van der Waals surface area contributed by atoms with Gasteiger partial charge in [0.1, 0.15) is 0 Å². The molecule has 1 aliphatic heterocycles. The van der Waals surface area contributed by atoms with E-state index in [1.54, 1.807) is 8.61 Å². The van der Waals surface area contributed by atoms with E-state index < -0.39 is 10.2 Å². The number of nitrogens with zero attached hydrogens (tertiary/aromatic N) is 2. The molecule has 0 bridgehead atoms. The molecule has 0 radical (unpaired) electrons. The zero-order valence-corrected chi connectivity index (χ0v) is 13.1. The number of hydrogen-bond acceptors (Lipinski definition) is 3. The van der Waals surface area contributed by atoms with E-state index in [4.69, 9.17) is 5.73 Å². The maximum atomic E-state index is 12.9. The lowest BCUT2D eigenvalue weighted by atomic mass is 10.2. The second-order valence-electron chi connectivity index (χ2n) is 5.99. The minimum Gasteiger partial charge on any atom is -0.399 e. The molecular weight excluding hydrogens is 286 g/mol. The van der Waals surface area contributed by atoms with Crippen LogP contribution in [0.5, 0.6) is 0 Å². The van der Waals surface area contributed by atoms with Crippen molar-refractivity contribution in [2.45, 2.75) is 44.7 Å². The van der Waals surface area contributed by atoms with Crippen molar-refractivity contribution in [2.24, 2.45) is 0 Å². The summed E-state index contributed by atoms with van der Waals surface area (Å²) in [6.07, 6.45) is 5.02. The first-order chi connectivity index (χ1) is 10.1. The molecule has 1 aromatic rings. The molecule has 0 spiro atoms. The van der Waals surface area contributed by atoms with Crippen molar-refractivity contribution in [3.05, 3.63) is 29.8 Å². The second kappa shape index (κ2) is 5.94. The van der Waals surface area contributed by atoms with Crippen LogP contribution >= 0.6 is 0 Å². The number of nitrogen functional groups attached to an aromatic ring is 1. The Balaban J connectivity index is 1.78. The second-order valence-corrected chi connectivity index (χ2v) is 7.87. The molecule has 3 rings (SSSR count). The van der Waals surface area contributed by atoms with Gasteiger partial charge in [-0.25, -0.2) is 0 Å². The van der Waals surface area contributed by atoms with E-state index in [0.717, 1.165) is 37.7 Å². The van der Waals surface area contributed by atoms with E-state index in [1.807, 2.05) is 24.3 Å². The van der Waals surface area contributed by atoms with Crippen LogP contribution in [0.25, 0.3) is 0 Å². The van der Waals surface area contributed by atoms with Crippen LogP contribution in [-0.4, -0.2) is 36.2 Å². The van der Waals surface area contributed by atoms with Crippen LogP contribution in [0.3, 0.4) is 0 Å². The molecule has 1 heterocycles. The van der Waals surface area contributed by atoms with Gasteiger partial charge in [-0.3, -0.25) is 0 Å². The van der Waals surface area contributed by atoms with Gasteiger partial charge in [0.25, 0.3) is 10.2 Å². The van der Waals surface area contributed by atoms with E-state index in [1.165, 1.54) is 0 Å². The molecule has 0 amide bonds. The van der Waals surface area contributed by atoms with E-state index in [-0.39, 0.29) is 6.04 Å². The highest BCUT2D eigenvalue weighted by molar-refractivity contribution is 7.86. The van der Waals surface area contributed by atoms with Gasteiger partial charge >= 0.3 is 0 Å². The number of hydrogen-bond donors (Lipinski definition) is 1. The Bertz CT molecular complexity index is 575. The van der Waals surface area contributed by atoms with Crippen molar-refractivity contribution in [1.29, 1.82) is 0 Å². The van der Waals surface area contributed by atoms with Crippen LogP contribution in [0.4, 0.5) is 5.69 Å². The molecule has 0 aromatic heterocycles. The van der Waals surface area contributed by atoms with Crippen molar-refractivity contribution in [3.63, 3.8) is 0 Å². The highest BCUT2D eigenvalue weighted by Crippen LogP contribution is 2.33. The van der Waals surface area contributed by atoms with Crippen LogP contribution in [0.1, 0.15) is 37.7 Å². The highest BCUT2D eigenvalue weighted by Gasteiger charge is 2.40. The minimum absolute atomic E-state index is 0.175. The fourth-order valence-electron chi connectivity index (χ4n) is 2.81. The number of nitrogens with two attached hydrogens (primary N) is 1. The van der Waals surface area contributed by atoms with Gasteiger partial charge in [-0.2, -0.15) is 17.0 Å². The van der Waals surface area contributed by atoms with Gasteiger partial charge in [0, 0.05) is 31.4 Å². The fraction of sp³-hybridized carbons (Fsp3) is 0.600. The predicted molar refractivity (Wildman–Crippen MR) is 83.8 cm³/mol. The first-order valence-electron chi connectivity index (χ1n) is 7.69. The summed E-state index contributed by atoms with van der Waals surface area (Å²) in [5.74, 6) is 0. The molecule has 1 saturated heterocycles. The summed E-state index contributed by atoms with van der Waals surface area (Å²) in [6, 6.07) is 7.66. The fourth-order valence-corrected chi connectivity index (χ4v) is 4.72. The number of piperidine rings is 1. The highest BCUT2D eigenvalue weighted by atomic mass is 32.2. The lowest BCUT2D eigenvalue weighted by Crippen LogP contribution is -2.46. The van der Waals surface area contributed by atoms with E-state index >= 15 is 0 Å². The molecule has 116 valence electrons. The molecule has 6 heteroatoms. The molecular formula is C15H23N3O2S. The molecule has 21 heavy (non-hydrogen) atoms. The Labute approximate surface area is 126 Å². The summed E-state index contributed by atoms with van der Waals surface area (Å²) in [4.78, 5) is 0. The maximum Gasteiger partial charge on any atom is 0.282 e. The summed E-state index contributed by atoms with van der Waals surface area (Å²) >= 11 is 0. The van der Waals surface area contributed by atoms with Crippen LogP contribution in [0.2, 0.25) is 0 Å². The largest absolute Gasteiger partial charge is 0.399 e. The smallest absolute Gasteiger partial charge is 0.282 e. The van der Waals surface area contributed by atoms with Crippen LogP contribution in [0.15, 0.2) is 24.3 Å². The Morgan fingerprint density at radius 1 is 1.10 bits per heavy atom. The van der Waals surface area contributed by atoms with Gasteiger partial charge in [0.2, 0.25) is 0 Å². The third-order valence-electron chi connectivity index (χ3n) is 4.21. The SMILES string of the molecule is Nc1ccc(CN(C2CC2)S(=O)(=O)N2CCCCC2)cc1. The zero-order valence-electron chi connectivity index (χ0n) is 12.2. The van der Waals surface area contributed by atoms with Crippen molar-refractivity contribution < 1.29 is 8.42 Å². The predicted octanol–water partition coefficient (Wildman–Crippen LogP) is 1.96. The molecule has 2 aliphatic rings. The van der Waals surface area contributed by atoms with E-state index in [0.29, 0.717) is 25.3 Å². The average molecular weight is 309 g/mol. The normalized spacial score (nSPS) is 20.8. The lowest BCUT2D eigenvalue weighted by molar-refractivity contribution is 0.296. The average Bonchev–Trinajstić information content (AvgIpc) is 3.32. The number of rotatable bonds is 5. The summed E-state index contributed by atoms with van der Waals surface area (Å²) < 4.78 is 29.1. The van der Waals surface area contributed by atoms with Crippen molar-refractivity contribution in [1.82, 2.24) is 8.61 Å². The zero-order chi connectivity index (χ0) is 14.9. The summed E-state index contributed by atoms with van der Waals surface area (Å²) in [5, 5.41) is 0. The van der Waals surface area contributed by atoms with Gasteiger partial charge in [0.05, 0.1) is 0 Å². The quantitative estimate of drug-likeness (QED) is 0.846. The van der Waals surface area contributed by atoms with Crippen molar-refractivity contribution in [2.75, 3.05) is 18.8 Å². The Hall–Kier alpha value is -1.11. The van der Waals surface area contributed by atoms with Gasteiger partial charge < -0.3 is 5.73 Å². The lowest BCUT2D eigenvalue weighted by Gasteiger charge is -2.32. The summed E-state index contributed by atoms with van der Waals surface area (Å²) in [5.41, 5.74) is 7.39. The first-order valence-corrected chi connectivity index (χ1v) is 9.08. The van der Waals surface area contributed by atoms with E-state index in [9.17, 15) is 8.42 Å².